The van der Waals surface area contributed by atoms with Crippen molar-refractivity contribution >= 4 is 0 Å². The van der Waals surface area contributed by atoms with E-state index in [-0.39, 0.29) is 0 Å². The van der Waals surface area contributed by atoms with E-state index >= 15 is 0 Å². The van der Waals surface area contributed by atoms with Crippen LogP contribution in [0.1, 0.15) is 41.5 Å². The van der Waals surface area contributed by atoms with Crippen LogP contribution in [0.25, 0.3) is 0 Å². The average Bonchev–Trinajstić information content (AvgIpc) is 3.24. The number of aromatic nitrogens is 2. The number of nitrogens with one attached hydrogen (secondary N) is 1. The van der Waals surface area contributed by atoms with Gasteiger partial charge in [0.1, 0.15) is 18.2 Å². The van der Waals surface area contributed by atoms with Gasteiger partial charge in [0, 0.05) is 50.6 Å². The van der Waals surface area contributed by atoms with Gasteiger partial charge in [-0.2, -0.15) is 0 Å². The molecule has 6 heteroatoms. The molecule has 2 aliphatic rings. The Kier molecular flexibility index (Phi) is 5.97. The highest BCUT2D eigenvalue weighted by atomic mass is 16.5. The maximum Gasteiger partial charge on any atom is 0.145 e. The molecule has 1 atom stereocenters. The van der Waals surface area contributed by atoms with Crippen LogP contribution in [0.5, 0.6) is 5.75 Å². The molecule has 1 N–H and O–H groups in total. The van der Waals surface area contributed by atoms with E-state index in [0.717, 1.165) is 50.6 Å². The highest BCUT2D eigenvalue weighted by Gasteiger charge is 2.23. The maximum atomic E-state index is 5.63. The summed E-state index contributed by atoms with van der Waals surface area (Å²) in [6, 6.07) is 8.70. The van der Waals surface area contributed by atoms with E-state index in [1.165, 1.54) is 23.2 Å². The largest absolute Gasteiger partial charge is 0.491 e. The van der Waals surface area contributed by atoms with Gasteiger partial charge >= 0.3 is 0 Å². The first-order valence-corrected chi connectivity index (χ1v) is 9.83. The number of benzene rings is 1. The molecule has 3 heterocycles. The molecule has 2 aromatic rings. The third-order valence-corrected chi connectivity index (χ3v) is 5.29. The summed E-state index contributed by atoms with van der Waals surface area (Å²) in [6.45, 7) is 5.15. The van der Waals surface area contributed by atoms with Crippen molar-refractivity contribution in [2.45, 2.75) is 38.4 Å². The quantitative estimate of drug-likeness (QED) is 0.758. The van der Waals surface area contributed by atoms with Crippen molar-refractivity contribution in [2.75, 3.05) is 33.4 Å². The van der Waals surface area contributed by atoms with Gasteiger partial charge < -0.3 is 14.8 Å². The Bertz CT molecular complexity index is 744. The van der Waals surface area contributed by atoms with Gasteiger partial charge in [0.2, 0.25) is 0 Å². The zero-order valence-corrected chi connectivity index (χ0v) is 16.0. The standard InChI is InChI=1S/C21H28N4O2/c1-26-11-12-27-18-6-4-16(5-7-18)14-25-10-8-19-17(15-25)13-23-21(24-19)20-3-2-9-22-20/h4-7,13,20,22H,2-3,8-12,14-15H2,1H3/t20-/m0/s1. The van der Waals surface area contributed by atoms with E-state index in [2.05, 4.69) is 27.3 Å². The maximum absolute atomic E-state index is 5.63. The minimum Gasteiger partial charge on any atom is -0.491 e. The van der Waals surface area contributed by atoms with Gasteiger partial charge in [-0.15, -0.1) is 0 Å². The highest BCUT2D eigenvalue weighted by Crippen LogP contribution is 2.24. The number of hydrogen-bond donors (Lipinski definition) is 1. The second-order valence-electron chi connectivity index (χ2n) is 7.29. The monoisotopic (exact) mass is 368 g/mol. The summed E-state index contributed by atoms with van der Waals surface area (Å²) in [7, 11) is 1.68. The summed E-state index contributed by atoms with van der Waals surface area (Å²) >= 11 is 0. The Morgan fingerprint density at radius 3 is 2.89 bits per heavy atom. The summed E-state index contributed by atoms with van der Waals surface area (Å²) in [5.41, 5.74) is 3.79. The van der Waals surface area contributed by atoms with Crippen LogP contribution in [0.4, 0.5) is 0 Å². The Morgan fingerprint density at radius 1 is 1.22 bits per heavy atom. The predicted octanol–water partition coefficient (Wildman–Crippen LogP) is 2.48. The molecule has 2 aliphatic heterocycles. The van der Waals surface area contributed by atoms with Crippen LogP contribution in [0.3, 0.4) is 0 Å². The molecule has 0 spiro atoms. The fourth-order valence-electron chi connectivity index (χ4n) is 3.79. The number of fused-ring (bicyclic) bond motifs is 1. The van der Waals surface area contributed by atoms with Crippen molar-refractivity contribution in [2.24, 2.45) is 0 Å². The van der Waals surface area contributed by atoms with Gasteiger partial charge in [-0.3, -0.25) is 4.90 Å². The van der Waals surface area contributed by atoms with Gasteiger partial charge in [0.15, 0.2) is 0 Å². The topological polar surface area (TPSA) is 59.5 Å². The van der Waals surface area contributed by atoms with E-state index in [9.17, 15) is 0 Å². The van der Waals surface area contributed by atoms with Crippen LogP contribution in [-0.4, -0.2) is 48.3 Å². The van der Waals surface area contributed by atoms with Crippen molar-refractivity contribution in [3.8, 4) is 5.75 Å². The molecule has 1 saturated heterocycles. The Labute approximate surface area is 160 Å². The summed E-state index contributed by atoms with van der Waals surface area (Å²) in [4.78, 5) is 12.0. The molecule has 0 aliphatic carbocycles. The molecular formula is C21H28N4O2. The zero-order chi connectivity index (χ0) is 18.5. The highest BCUT2D eigenvalue weighted by molar-refractivity contribution is 5.28. The molecule has 1 aromatic heterocycles. The molecule has 0 bridgehead atoms. The minimum absolute atomic E-state index is 0.345. The lowest BCUT2D eigenvalue weighted by Crippen LogP contribution is -2.31. The first-order chi connectivity index (χ1) is 13.3. The van der Waals surface area contributed by atoms with Gasteiger partial charge in [0.25, 0.3) is 0 Å². The second kappa shape index (κ2) is 8.78. The molecule has 0 saturated carbocycles. The molecule has 6 nitrogen and oxygen atoms in total. The molecule has 144 valence electrons. The van der Waals surface area contributed by atoms with Crippen molar-refractivity contribution < 1.29 is 9.47 Å². The summed E-state index contributed by atoms with van der Waals surface area (Å²) < 4.78 is 10.6. The van der Waals surface area contributed by atoms with Crippen molar-refractivity contribution in [1.82, 2.24) is 20.2 Å². The predicted molar refractivity (Wildman–Crippen MR) is 104 cm³/mol. The normalized spacial score (nSPS) is 19.8. The summed E-state index contributed by atoms with van der Waals surface area (Å²) in [5, 5.41) is 3.49. The van der Waals surface area contributed by atoms with Crippen LogP contribution >= 0.6 is 0 Å². The smallest absolute Gasteiger partial charge is 0.145 e. The Hall–Kier alpha value is -2.02. The van der Waals surface area contributed by atoms with E-state index in [4.69, 9.17) is 14.5 Å². The fraction of sp³-hybridized carbons (Fsp3) is 0.524. The van der Waals surface area contributed by atoms with E-state index in [0.29, 0.717) is 19.3 Å². The summed E-state index contributed by atoms with van der Waals surface area (Å²) in [6.07, 6.45) is 5.40. The summed E-state index contributed by atoms with van der Waals surface area (Å²) in [5.74, 6) is 1.87. The van der Waals surface area contributed by atoms with Crippen LogP contribution in [-0.2, 0) is 24.2 Å². The Morgan fingerprint density at radius 2 is 2.11 bits per heavy atom. The lowest BCUT2D eigenvalue weighted by atomic mass is 10.1. The third-order valence-electron chi connectivity index (χ3n) is 5.29. The minimum atomic E-state index is 0.345. The number of ether oxygens (including phenoxy) is 2. The van der Waals surface area contributed by atoms with Crippen molar-refractivity contribution in [1.29, 1.82) is 0 Å². The second-order valence-corrected chi connectivity index (χ2v) is 7.29. The Balaban J connectivity index is 1.34. The average molecular weight is 368 g/mol. The third kappa shape index (κ3) is 4.64. The van der Waals surface area contributed by atoms with Crippen LogP contribution < -0.4 is 10.1 Å². The van der Waals surface area contributed by atoms with E-state index in [1.807, 2.05) is 18.3 Å². The van der Waals surface area contributed by atoms with Crippen molar-refractivity contribution in [3.63, 3.8) is 0 Å². The molecule has 0 unspecified atom stereocenters. The number of rotatable bonds is 7. The molecule has 1 aromatic carbocycles. The van der Waals surface area contributed by atoms with Gasteiger partial charge in [0.05, 0.1) is 12.6 Å². The molecule has 1 fully saturated rings. The van der Waals surface area contributed by atoms with Crippen molar-refractivity contribution in [3.05, 3.63) is 53.1 Å². The first-order valence-electron chi connectivity index (χ1n) is 9.83. The van der Waals surface area contributed by atoms with Gasteiger partial charge in [-0.25, -0.2) is 9.97 Å². The first kappa shape index (κ1) is 18.3. The zero-order valence-electron chi connectivity index (χ0n) is 16.0. The molecule has 27 heavy (non-hydrogen) atoms. The number of nitrogens with zero attached hydrogens (tertiary/aromatic N) is 3. The van der Waals surface area contributed by atoms with Crippen LogP contribution in [0.15, 0.2) is 30.5 Å². The van der Waals surface area contributed by atoms with Gasteiger partial charge in [-0.05, 0) is 37.1 Å². The van der Waals surface area contributed by atoms with Crippen LogP contribution in [0.2, 0.25) is 0 Å². The van der Waals surface area contributed by atoms with E-state index in [1.54, 1.807) is 7.11 Å². The SMILES string of the molecule is COCCOc1ccc(CN2CCc3nc([C@@H]4CCCN4)ncc3C2)cc1. The number of methoxy groups -OCH3 is 1. The molecule has 0 radical (unpaired) electrons. The van der Waals surface area contributed by atoms with Crippen LogP contribution in [0, 0.1) is 0 Å². The molecule has 0 amide bonds. The number of hydrogen-bond acceptors (Lipinski definition) is 6. The fourth-order valence-corrected chi connectivity index (χ4v) is 3.79. The molecular weight excluding hydrogens is 340 g/mol. The van der Waals surface area contributed by atoms with Gasteiger partial charge in [-0.1, -0.05) is 12.1 Å². The lowest BCUT2D eigenvalue weighted by Gasteiger charge is -2.28. The molecule has 4 rings (SSSR count). The van der Waals surface area contributed by atoms with E-state index < -0.39 is 0 Å². The lowest BCUT2D eigenvalue weighted by molar-refractivity contribution is 0.146.